The van der Waals surface area contributed by atoms with Crippen LogP contribution >= 0.6 is 0 Å². The monoisotopic (exact) mass is 377 g/mol. The topological polar surface area (TPSA) is 56.4 Å². The second kappa shape index (κ2) is 6.80. The Bertz CT molecular complexity index is 849. The Hall–Kier alpha value is -2.56. The van der Waals surface area contributed by atoms with E-state index < -0.39 is 0 Å². The minimum Gasteiger partial charge on any atom is -0.357 e. The van der Waals surface area contributed by atoms with Crippen molar-refractivity contribution in [2.24, 2.45) is 5.41 Å². The summed E-state index contributed by atoms with van der Waals surface area (Å²) in [7, 11) is 0. The first-order chi connectivity index (χ1) is 13.7. The molecule has 3 heterocycles. The van der Waals surface area contributed by atoms with Crippen LogP contribution in [-0.4, -0.2) is 52.3 Å². The van der Waals surface area contributed by atoms with Gasteiger partial charge in [0.2, 0.25) is 5.91 Å². The number of aromatic amines is 1. The molecule has 0 unspecified atom stereocenters. The lowest BCUT2D eigenvalue weighted by Gasteiger charge is -2.50. The number of nitrogens with one attached hydrogen (secondary N) is 1. The van der Waals surface area contributed by atoms with Crippen molar-refractivity contribution in [1.29, 1.82) is 0 Å². The summed E-state index contributed by atoms with van der Waals surface area (Å²) in [5.74, 6) is 0.357. The molecule has 28 heavy (non-hydrogen) atoms. The first kappa shape index (κ1) is 17.5. The van der Waals surface area contributed by atoms with Gasteiger partial charge in [-0.05, 0) is 55.2 Å². The number of H-pyrrole nitrogens is 1. The Balaban J connectivity index is 1.35. The Morgan fingerprint density at radius 1 is 1.04 bits per heavy atom. The maximum Gasteiger partial charge on any atom is 0.270 e. The Morgan fingerprint density at radius 2 is 1.79 bits per heavy atom. The number of aromatic nitrogens is 1. The highest BCUT2D eigenvalue weighted by atomic mass is 16.2. The Labute approximate surface area is 165 Å². The second-order valence-electron chi connectivity index (χ2n) is 8.74. The van der Waals surface area contributed by atoms with E-state index in [1.54, 1.807) is 6.20 Å². The lowest BCUT2D eigenvalue weighted by molar-refractivity contribution is -0.142. The summed E-state index contributed by atoms with van der Waals surface area (Å²) in [6.45, 7) is 2.41. The first-order valence-electron chi connectivity index (χ1n) is 10.4. The molecule has 146 valence electrons. The average molecular weight is 377 g/mol. The van der Waals surface area contributed by atoms with E-state index in [-0.39, 0.29) is 17.2 Å². The van der Waals surface area contributed by atoms with Gasteiger partial charge in [0.1, 0.15) is 5.69 Å². The van der Waals surface area contributed by atoms with Crippen molar-refractivity contribution < 1.29 is 9.59 Å². The lowest BCUT2D eigenvalue weighted by atomic mass is 9.67. The Morgan fingerprint density at radius 3 is 2.43 bits per heavy atom. The van der Waals surface area contributed by atoms with Gasteiger partial charge < -0.3 is 14.8 Å². The number of amides is 2. The normalized spacial score (nSPS) is 24.6. The molecule has 1 aromatic heterocycles. The second-order valence-corrected chi connectivity index (χ2v) is 8.74. The third kappa shape index (κ3) is 3.13. The summed E-state index contributed by atoms with van der Waals surface area (Å²) in [6, 6.07) is 14.4. The van der Waals surface area contributed by atoms with Gasteiger partial charge in [0.25, 0.3) is 5.91 Å². The van der Waals surface area contributed by atoms with Gasteiger partial charge in [-0.25, -0.2) is 0 Å². The minimum absolute atomic E-state index is 0.0405. The first-order valence-corrected chi connectivity index (χ1v) is 10.4. The third-order valence-electron chi connectivity index (χ3n) is 6.85. The van der Waals surface area contributed by atoms with Crippen LogP contribution in [0.15, 0.2) is 48.7 Å². The van der Waals surface area contributed by atoms with E-state index in [2.05, 4.69) is 22.0 Å². The number of piperidine rings is 2. The summed E-state index contributed by atoms with van der Waals surface area (Å²) in [5, 5.41) is 0. The van der Waals surface area contributed by atoms with Crippen molar-refractivity contribution in [3.05, 3.63) is 59.9 Å². The van der Waals surface area contributed by atoms with Crippen LogP contribution in [0.1, 0.15) is 54.1 Å². The van der Waals surface area contributed by atoms with Gasteiger partial charge in [0.05, 0.1) is 5.92 Å². The quantitative estimate of drug-likeness (QED) is 0.891. The molecule has 5 rings (SSSR count). The molecule has 1 spiro atoms. The zero-order valence-corrected chi connectivity index (χ0v) is 16.1. The molecule has 3 aliphatic rings. The van der Waals surface area contributed by atoms with E-state index in [1.807, 2.05) is 35.2 Å². The zero-order chi connectivity index (χ0) is 19.1. The van der Waals surface area contributed by atoms with E-state index in [4.69, 9.17) is 0 Å². The maximum atomic E-state index is 13.2. The van der Waals surface area contributed by atoms with Gasteiger partial charge >= 0.3 is 0 Å². The summed E-state index contributed by atoms with van der Waals surface area (Å²) >= 11 is 0. The molecule has 5 nitrogen and oxygen atoms in total. The molecule has 2 amide bonds. The molecule has 3 fully saturated rings. The minimum atomic E-state index is -0.0405. The zero-order valence-electron chi connectivity index (χ0n) is 16.1. The highest BCUT2D eigenvalue weighted by molar-refractivity contribution is 5.92. The molecule has 0 bridgehead atoms. The fourth-order valence-corrected chi connectivity index (χ4v) is 5.05. The fourth-order valence-electron chi connectivity index (χ4n) is 5.05. The molecule has 1 saturated carbocycles. The molecule has 1 atom stereocenters. The van der Waals surface area contributed by atoms with Crippen LogP contribution in [0.4, 0.5) is 0 Å². The van der Waals surface area contributed by atoms with E-state index in [0.717, 1.165) is 57.3 Å². The number of likely N-dealkylation sites (tertiary alicyclic amines) is 2. The molecule has 1 N–H and O–H groups in total. The number of benzene rings is 1. The van der Waals surface area contributed by atoms with Gasteiger partial charge in [-0.1, -0.05) is 30.3 Å². The molecule has 1 aromatic carbocycles. The van der Waals surface area contributed by atoms with Gasteiger partial charge in [-0.15, -0.1) is 0 Å². The molecular weight excluding hydrogens is 350 g/mol. The van der Waals surface area contributed by atoms with Crippen LogP contribution in [0.5, 0.6) is 0 Å². The molecule has 0 radical (unpaired) electrons. The Kier molecular flexibility index (Phi) is 4.26. The van der Waals surface area contributed by atoms with Crippen LogP contribution in [0, 0.1) is 5.41 Å². The number of hydrogen-bond donors (Lipinski definition) is 1. The van der Waals surface area contributed by atoms with Gasteiger partial charge in [-0.2, -0.15) is 0 Å². The summed E-state index contributed by atoms with van der Waals surface area (Å²) in [4.78, 5) is 33.1. The molecule has 2 aromatic rings. The molecular formula is C23H27N3O2. The number of hydrogen-bond acceptors (Lipinski definition) is 2. The van der Waals surface area contributed by atoms with Crippen LogP contribution < -0.4 is 0 Å². The number of carbonyl (C=O) groups excluding carboxylic acids is 2. The van der Waals surface area contributed by atoms with Crippen molar-refractivity contribution in [1.82, 2.24) is 14.8 Å². The maximum absolute atomic E-state index is 13.2. The smallest absolute Gasteiger partial charge is 0.270 e. The summed E-state index contributed by atoms with van der Waals surface area (Å²) < 4.78 is 0. The standard InChI is InChI=1S/C23H27N3O2/c27-21-19(17-5-2-1-3-6-17)15-23(16-26(21)18-8-9-18)10-13-25(14-11-23)22(28)20-7-4-12-24-20/h1-7,12,18-19,24H,8-11,13-16H2/t19-/m1/s1. The highest BCUT2D eigenvalue weighted by Crippen LogP contribution is 2.48. The van der Waals surface area contributed by atoms with Crippen LogP contribution in [0.2, 0.25) is 0 Å². The van der Waals surface area contributed by atoms with Crippen molar-refractivity contribution in [2.75, 3.05) is 19.6 Å². The van der Waals surface area contributed by atoms with Crippen LogP contribution in [0.3, 0.4) is 0 Å². The van der Waals surface area contributed by atoms with Gasteiger partial charge in [0.15, 0.2) is 0 Å². The average Bonchev–Trinajstić information content (AvgIpc) is 3.43. The van der Waals surface area contributed by atoms with E-state index in [0.29, 0.717) is 17.6 Å². The highest BCUT2D eigenvalue weighted by Gasteiger charge is 2.49. The number of carbonyl (C=O) groups is 2. The molecule has 2 saturated heterocycles. The third-order valence-corrected chi connectivity index (χ3v) is 6.85. The van der Waals surface area contributed by atoms with E-state index in [1.165, 1.54) is 0 Å². The van der Waals surface area contributed by atoms with Crippen LogP contribution in [-0.2, 0) is 4.79 Å². The van der Waals surface area contributed by atoms with Gasteiger partial charge in [0, 0.05) is 31.9 Å². The molecule has 5 heteroatoms. The number of nitrogens with zero attached hydrogens (tertiary/aromatic N) is 2. The van der Waals surface area contributed by atoms with E-state index >= 15 is 0 Å². The van der Waals surface area contributed by atoms with Crippen molar-refractivity contribution in [3.63, 3.8) is 0 Å². The van der Waals surface area contributed by atoms with Gasteiger partial charge in [-0.3, -0.25) is 9.59 Å². The van der Waals surface area contributed by atoms with E-state index in [9.17, 15) is 9.59 Å². The summed E-state index contributed by atoms with van der Waals surface area (Å²) in [5.41, 5.74) is 1.93. The summed E-state index contributed by atoms with van der Waals surface area (Å²) in [6.07, 6.45) is 6.92. The SMILES string of the molecule is O=C(c1ccc[nH]1)N1CCC2(CC1)C[C@H](c1ccccc1)C(=O)N(C1CC1)C2. The van der Waals surface area contributed by atoms with Crippen molar-refractivity contribution >= 4 is 11.8 Å². The predicted molar refractivity (Wildman–Crippen MR) is 107 cm³/mol. The lowest BCUT2D eigenvalue weighted by Crippen LogP contribution is -2.55. The predicted octanol–water partition coefficient (Wildman–Crippen LogP) is 3.42. The largest absolute Gasteiger partial charge is 0.357 e. The molecule has 2 aliphatic heterocycles. The fraction of sp³-hybridized carbons (Fsp3) is 0.478. The van der Waals surface area contributed by atoms with Crippen molar-refractivity contribution in [2.45, 2.75) is 44.1 Å². The molecule has 1 aliphatic carbocycles. The number of rotatable bonds is 3. The van der Waals surface area contributed by atoms with Crippen molar-refractivity contribution in [3.8, 4) is 0 Å². The van der Waals surface area contributed by atoms with Crippen LogP contribution in [0.25, 0.3) is 0 Å².